The predicted molar refractivity (Wildman–Crippen MR) is 51.1 cm³/mol. The molecule has 0 fully saturated rings. The van der Waals surface area contributed by atoms with Gasteiger partial charge in [0.15, 0.2) is 0 Å². The molecule has 0 aliphatic heterocycles. The zero-order chi connectivity index (χ0) is 10.6. The molecule has 0 rings (SSSR count). The van der Waals surface area contributed by atoms with E-state index in [0.717, 1.165) is 6.42 Å². The van der Waals surface area contributed by atoms with Crippen molar-refractivity contribution < 1.29 is 9.59 Å². The maximum atomic E-state index is 11.3. The van der Waals surface area contributed by atoms with Gasteiger partial charge in [0, 0.05) is 0 Å². The molecule has 0 spiro atoms. The lowest BCUT2D eigenvalue weighted by molar-refractivity contribution is -0.138. The first-order valence-electron chi connectivity index (χ1n) is 4.51. The first kappa shape index (κ1) is 12.3. The molecule has 4 heteroatoms. The predicted octanol–water partition coefficient (Wildman–Crippen LogP) is -0.155. The van der Waals surface area contributed by atoms with Gasteiger partial charge in [-0.25, -0.2) is 0 Å². The van der Waals surface area contributed by atoms with Crippen LogP contribution in [0, 0.1) is 5.92 Å². The SMILES string of the molecule is CC[C@H](C)[C@H](N)C(=O)C(=O)[C@H](C)N. The molecule has 4 nitrogen and oxygen atoms in total. The monoisotopic (exact) mass is 186 g/mol. The van der Waals surface area contributed by atoms with E-state index in [-0.39, 0.29) is 5.92 Å². The molecule has 0 aromatic carbocycles. The van der Waals surface area contributed by atoms with Crippen molar-refractivity contribution in [1.82, 2.24) is 0 Å². The minimum atomic E-state index is -0.748. The summed E-state index contributed by atoms with van der Waals surface area (Å²) in [6, 6.07) is -1.45. The molecule has 0 aromatic heterocycles. The molecule has 0 saturated carbocycles. The molecule has 0 heterocycles. The van der Waals surface area contributed by atoms with Crippen LogP contribution in [0.5, 0.6) is 0 Å². The number of ketones is 2. The molecule has 13 heavy (non-hydrogen) atoms. The quantitative estimate of drug-likeness (QED) is 0.584. The van der Waals surface area contributed by atoms with Gasteiger partial charge in [-0.05, 0) is 12.8 Å². The first-order valence-corrected chi connectivity index (χ1v) is 4.51. The fourth-order valence-corrected chi connectivity index (χ4v) is 0.901. The number of hydrogen-bond acceptors (Lipinski definition) is 4. The highest BCUT2D eigenvalue weighted by Crippen LogP contribution is 2.06. The van der Waals surface area contributed by atoms with Crippen LogP contribution in [0.1, 0.15) is 27.2 Å². The van der Waals surface area contributed by atoms with Crippen molar-refractivity contribution >= 4 is 11.6 Å². The van der Waals surface area contributed by atoms with Crippen molar-refractivity contribution in [3.05, 3.63) is 0 Å². The Morgan fingerprint density at radius 3 is 1.92 bits per heavy atom. The van der Waals surface area contributed by atoms with E-state index in [1.807, 2.05) is 13.8 Å². The van der Waals surface area contributed by atoms with Gasteiger partial charge in [0.25, 0.3) is 0 Å². The van der Waals surface area contributed by atoms with Gasteiger partial charge in [-0.2, -0.15) is 0 Å². The van der Waals surface area contributed by atoms with E-state index in [4.69, 9.17) is 11.5 Å². The average molecular weight is 186 g/mol. The van der Waals surface area contributed by atoms with Crippen molar-refractivity contribution in [2.24, 2.45) is 17.4 Å². The van der Waals surface area contributed by atoms with Crippen LogP contribution in [0.3, 0.4) is 0 Å². The van der Waals surface area contributed by atoms with Crippen LogP contribution in [-0.4, -0.2) is 23.7 Å². The zero-order valence-corrected chi connectivity index (χ0v) is 8.41. The zero-order valence-electron chi connectivity index (χ0n) is 8.41. The molecule has 3 atom stereocenters. The van der Waals surface area contributed by atoms with Crippen LogP contribution in [0.15, 0.2) is 0 Å². The first-order chi connectivity index (χ1) is 5.91. The Morgan fingerprint density at radius 2 is 1.62 bits per heavy atom. The molecule has 0 unspecified atom stereocenters. The number of nitrogens with two attached hydrogens (primary N) is 2. The fourth-order valence-electron chi connectivity index (χ4n) is 0.901. The maximum absolute atomic E-state index is 11.3. The van der Waals surface area contributed by atoms with Gasteiger partial charge in [0.05, 0.1) is 12.1 Å². The van der Waals surface area contributed by atoms with Crippen molar-refractivity contribution in [1.29, 1.82) is 0 Å². The van der Waals surface area contributed by atoms with E-state index in [9.17, 15) is 9.59 Å². The summed E-state index contributed by atoms with van der Waals surface area (Å²) in [4.78, 5) is 22.5. The van der Waals surface area contributed by atoms with E-state index in [1.165, 1.54) is 6.92 Å². The van der Waals surface area contributed by atoms with Gasteiger partial charge in [-0.15, -0.1) is 0 Å². The summed E-state index contributed by atoms with van der Waals surface area (Å²) in [6.07, 6.45) is 0.777. The van der Waals surface area contributed by atoms with E-state index in [0.29, 0.717) is 0 Å². The van der Waals surface area contributed by atoms with Crippen LogP contribution in [0.25, 0.3) is 0 Å². The summed E-state index contributed by atoms with van der Waals surface area (Å²) in [7, 11) is 0. The second-order valence-electron chi connectivity index (χ2n) is 3.43. The van der Waals surface area contributed by atoms with Crippen LogP contribution in [-0.2, 0) is 9.59 Å². The van der Waals surface area contributed by atoms with E-state index < -0.39 is 23.7 Å². The van der Waals surface area contributed by atoms with Crippen molar-refractivity contribution in [2.75, 3.05) is 0 Å². The number of carbonyl (C=O) groups is 2. The van der Waals surface area contributed by atoms with Crippen LogP contribution in [0.2, 0.25) is 0 Å². The minimum Gasteiger partial charge on any atom is -0.321 e. The highest BCUT2D eigenvalue weighted by atomic mass is 16.2. The summed E-state index contributed by atoms with van der Waals surface area (Å²) in [5.41, 5.74) is 10.9. The molecule has 0 aliphatic rings. The van der Waals surface area contributed by atoms with Gasteiger partial charge >= 0.3 is 0 Å². The average Bonchev–Trinajstić information content (AvgIpc) is 2.12. The maximum Gasteiger partial charge on any atom is 0.216 e. The lowest BCUT2D eigenvalue weighted by atomic mass is 9.93. The summed E-state index contributed by atoms with van der Waals surface area (Å²) in [6.45, 7) is 5.26. The van der Waals surface area contributed by atoms with Crippen molar-refractivity contribution in [2.45, 2.75) is 39.3 Å². The third-order valence-corrected chi connectivity index (χ3v) is 2.22. The molecule has 0 aromatic rings. The summed E-state index contributed by atoms with van der Waals surface area (Å²) < 4.78 is 0. The summed E-state index contributed by atoms with van der Waals surface area (Å²) in [5, 5.41) is 0. The molecule has 4 N–H and O–H groups in total. The molecule has 0 radical (unpaired) electrons. The number of Topliss-reactive ketones (excluding diaryl/α,β-unsaturated/α-hetero) is 2. The summed E-state index contributed by atoms with van der Waals surface area (Å²) in [5.74, 6) is -1.10. The second-order valence-corrected chi connectivity index (χ2v) is 3.43. The summed E-state index contributed by atoms with van der Waals surface area (Å²) >= 11 is 0. The molecular weight excluding hydrogens is 168 g/mol. The number of carbonyl (C=O) groups excluding carboxylic acids is 2. The van der Waals surface area contributed by atoms with Crippen LogP contribution < -0.4 is 11.5 Å². The number of rotatable bonds is 5. The molecule has 76 valence electrons. The Bertz CT molecular complexity index is 202. The lowest BCUT2D eigenvalue weighted by Crippen LogP contribution is -2.46. The molecule has 0 saturated heterocycles. The van der Waals surface area contributed by atoms with Crippen molar-refractivity contribution in [3.8, 4) is 0 Å². The van der Waals surface area contributed by atoms with E-state index in [2.05, 4.69) is 0 Å². The lowest BCUT2D eigenvalue weighted by Gasteiger charge is -2.16. The van der Waals surface area contributed by atoms with Gasteiger partial charge in [-0.3, -0.25) is 9.59 Å². The van der Waals surface area contributed by atoms with Crippen LogP contribution in [0.4, 0.5) is 0 Å². The minimum absolute atomic E-state index is 0.0233. The molecule has 0 amide bonds. The third-order valence-electron chi connectivity index (χ3n) is 2.22. The Kier molecular flexibility index (Phi) is 4.80. The Hall–Kier alpha value is -0.740. The third kappa shape index (κ3) is 3.24. The van der Waals surface area contributed by atoms with Gasteiger partial charge < -0.3 is 11.5 Å². The van der Waals surface area contributed by atoms with Crippen LogP contribution >= 0.6 is 0 Å². The Morgan fingerprint density at radius 1 is 1.15 bits per heavy atom. The largest absolute Gasteiger partial charge is 0.321 e. The van der Waals surface area contributed by atoms with E-state index in [1.54, 1.807) is 0 Å². The number of hydrogen-bond donors (Lipinski definition) is 2. The highest BCUT2D eigenvalue weighted by molar-refractivity contribution is 6.40. The van der Waals surface area contributed by atoms with Gasteiger partial charge in [-0.1, -0.05) is 20.3 Å². The molecule has 0 bridgehead atoms. The fraction of sp³-hybridized carbons (Fsp3) is 0.778. The van der Waals surface area contributed by atoms with Gasteiger partial charge in [0.2, 0.25) is 11.6 Å². The smallest absolute Gasteiger partial charge is 0.216 e. The van der Waals surface area contributed by atoms with E-state index >= 15 is 0 Å². The normalized spacial score (nSPS) is 17.6. The Balaban J connectivity index is 4.34. The van der Waals surface area contributed by atoms with Gasteiger partial charge in [0.1, 0.15) is 0 Å². The molecular formula is C9H18N2O2. The molecule has 0 aliphatic carbocycles. The Labute approximate surface area is 78.7 Å². The van der Waals surface area contributed by atoms with Crippen molar-refractivity contribution in [3.63, 3.8) is 0 Å². The topological polar surface area (TPSA) is 86.2 Å². The highest BCUT2D eigenvalue weighted by Gasteiger charge is 2.27. The standard InChI is InChI=1S/C9H18N2O2/c1-4-5(2)7(11)9(13)8(12)6(3)10/h5-7H,4,10-11H2,1-3H3/t5-,6-,7-/m0/s1. The second kappa shape index (κ2) is 5.09.